The van der Waals surface area contributed by atoms with E-state index in [9.17, 15) is 4.79 Å². The lowest BCUT2D eigenvalue weighted by Gasteiger charge is -2.06. The molecule has 0 bridgehead atoms. The molecule has 0 aliphatic rings. The Labute approximate surface area is 130 Å². The summed E-state index contributed by atoms with van der Waals surface area (Å²) in [6.07, 6.45) is 0.947. The third kappa shape index (κ3) is 3.87. The molecule has 0 spiro atoms. The Balaban J connectivity index is 2.08. The molecule has 0 aliphatic heterocycles. The van der Waals surface area contributed by atoms with Crippen molar-refractivity contribution in [2.24, 2.45) is 7.05 Å². The maximum atomic E-state index is 12.2. The minimum Gasteiger partial charge on any atom is -0.294 e. The van der Waals surface area contributed by atoms with Crippen LogP contribution in [0.4, 0.5) is 5.95 Å². The van der Waals surface area contributed by atoms with Gasteiger partial charge in [-0.15, -0.1) is 0 Å². The van der Waals surface area contributed by atoms with Crippen LogP contribution in [-0.2, 0) is 24.7 Å². The first-order valence-corrected chi connectivity index (χ1v) is 7.43. The molecule has 2 heterocycles. The lowest BCUT2D eigenvalue weighted by molar-refractivity contribution is -0.115. The zero-order chi connectivity index (χ0) is 16.3. The average molecular weight is 302 g/mol. The van der Waals surface area contributed by atoms with Crippen LogP contribution in [0.5, 0.6) is 0 Å². The quantitative estimate of drug-likeness (QED) is 0.910. The number of aryl methyl sites for hydroxylation is 3. The molecule has 0 saturated carbocycles. The van der Waals surface area contributed by atoms with Gasteiger partial charge < -0.3 is 0 Å². The third-order valence-corrected chi connectivity index (χ3v) is 3.23. The standard InChI is InChI=1S/C15H22N6O/c1-6-11-7-10(4)16-15(17-11)19-13(22)8-12-18-14(9(2)3)20-21(12)5/h7,9H,6,8H2,1-5H3,(H,16,17,19,22). The van der Waals surface area contributed by atoms with Crippen molar-refractivity contribution in [3.05, 3.63) is 29.1 Å². The summed E-state index contributed by atoms with van der Waals surface area (Å²) in [6.45, 7) is 7.94. The predicted molar refractivity (Wildman–Crippen MR) is 83.6 cm³/mol. The highest BCUT2D eigenvalue weighted by molar-refractivity contribution is 5.90. The number of hydrogen-bond acceptors (Lipinski definition) is 5. The van der Waals surface area contributed by atoms with Gasteiger partial charge in [-0.25, -0.2) is 15.0 Å². The van der Waals surface area contributed by atoms with E-state index in [1.165, 1.54) is 0 Å². The number of carbonyl (C=O) groups is 1. The van der Waals surface area contributed by atoms with E-state index < -0.39 is 0 Å². The summed E-state index contributed by atoms with van der Waals surface area (Å²) in [5.74, 6) is 1.75. The Morgan fingerprint density at radius 2 is 2.05 bits per heavy atom. The number of rotatable bonds is 5. The molecule has 7 nitrogen and oxygen atoms in total. The van der Waals surface area contributed by atoms with Crippen molar-refractivity contribution in [3.63, 3.8) is 0 Å². The summed E-state index contributed by atoms with van der Waals surface area (Å²) >= 11 is 0. The van der Waals surface area contributed by atoms with Gasteiger partial charge in [0.15, 0.2) is 5.82 Å². The van der Waals surface area contributed by atoms with Gasteiger partial charge in [-0.2, -0.15) is 5.10 Å². The van der Waals surface area contributed by atoms with Gasteiger partial charge in [-0.3, -0.25) is 14.8 Å². The molecule has 0 radical (unpaired) electrons. The van der Waals surface area contributed by atoms with E-state index in [4.69, 9.17) is 0 Å². The summed E-state index contributed by atoms with van der Waals surface area (Å²) in [4.78, 5) is 25.1. The molecule has 2 rings (SSSR count). The zero-order valence-electron chi connectivity index (χ0n) is 13.7. The van der Waals surface area contributed by atoms with Crippen molar-refractivity contribution >= 4 is 11.9 Å². The maximum Gasteiger partial charge on any atom is 0.234 e. The van der Waals surface area contributed by atoms with Crippen molar-refractivity contribution in [3.8, 4) is 0 Å². The molecule has 0 saturated heterocycles. The molecular formula is C15H22N6O. The van der Waals surface area contributed by atoms with Crippen LogP contribution in [0.15, 0.2) is 6.07 Å². The van der Waals surface area contributed by atoms with Crippen molar-refractivity contribution in [2.45, 2.75) is 46.5 Å². The van der Waals surface area contributed by atoms with E-state index in [2.05, 4.69) is 25.4 Å². The van der Waals surface area contributed by atoms with Crippen LogP contribution in [0.2, 0.25) is 0 Å². The first-order chi connectivity index (χ1) is 10.4. The number of nitrogens with zero attached hydrogens (tertiary/aromatic N) is 5. The van der Waals surface area contributed by atoms with Crippen LogP contribution >= 0.6 is 0 Å². The smallest absolute Gasteiger partial charge is 0.234 e. The van der Waals surface area contributed by atoms with Crippen molar-refractivity contribution in [2.75, 3.05) is 5.32 Å². The Hall–Kier alpha value is -2.31. The highest BCUT2D eigenvalue weighted by Crippen LogP contribution is 2.10. The minimum absolute atomic E-state index is 0.148. The zero-order valence-corrected chi connectivity index (χ0v) is 13.7. The van der Waals surface area contributed by atoms with Crippen LogP contribution in [-0.4, -0.2) is 30.6 Å². The highest BCUT2D eigenvalue weighted by Gasteiger charge is 2.14. The molecule has 2 aromatic rings. The van der Waals surface area contributed by atoms with Gasteiger partial charge >= 0.3 is 0 Å². The lowest BCUT2D eigenvalue weighted by atomic mass is 10.2. The Bertz CT molecular complexity index is 677. The van der Waals surface area contributed by atoms with Gasteiger partial charge in [0.05, 0.1) is 6.42 Å². The molecule has 0 aliphatic carbocycles. The molecule has 0 unspecified atom stereocenters. The van der Waals surface area contributed by atoms with E-state index in [1.54, 1.807) is 11.7 Å². The second-order valence-electron chi connectivity index (χ2n) is 5.57. The van der Waals surface area contributed by atoms with Crippen molar-refractivity contribution < 1.29 is 4.79 Å². The maximum absolute atomic E-state index is 12.2. The van der Waals surface area contributed by atoms with E-state index in [0.717, 1.165) is 23.6 Å². The van der Waals surface area contributed by atoms with Crippen LogP contribution < -0.4 is 5.32 Å². The second-order valence-corrected chi connectivity index (χ2v) is 5.57. The highest BCUT2D eigenvalue weighted by atomic mass is 16.1. The van der Waals surface area contributed by atoms with E-state index >= 15 is 0 Å². The van der Waals surface area contributed by atoms with Gasteiger partial charge in [0.25, 0.3) is 0 Å². The number of amides is 1. The number of aromatic nitrogens is 5. The molecule has 2 aromatic heterocycles. The van der Waals surface area contributed by atoms with Crippen molar-refractivity contribution in [1.82, 2.24) is 24.7 Å². The molecule has 1 amide bonds. The molecule has 0 atom stereocenters. The van der Waals surface area contributed by atoms with Crippen LogP contribution in [0.1, 0.15) is 49.7 Å². The first-order valence-electron chi connectivity index (χ1n) is 7.43. The molecule has 0 fully saturated rings. The molecule has 7 heteroatoms. The van der Waals surface area contributed by atoms with E-state index in [-0.39, 0.29) is 18.2 Å². The molecule has 22 heavy (non-hydrogen) atoms. The third-order valence-electron chi connectivity index (χ3n) is 3.23. The fourth-order valence-corrected chi connectivity index (χ4v) is 2.02. The number of anilines is 1. The summed E-state index contributed by atoms with van der Waals surface area (Å²) < 4.78 is 1.64. The Morgan fingerprint density at radius 3 is 2.64 bits per heavy atom. The second kappa shape index (κ2) is 6.64. The van der Waals surface area contributed by atoms with Crippen LogP contribution in [0.25, 0.3) is 0 Å². The Kier molecular flexibility index (Phi) is 4.85. The van der Waals surface area contributed by atoms with E-state index in [1.807, 2.05) is 33.8 Å². The Morgan fingerprint density at radius 1 is 1.32 bits per heavy atom. The fourth-order valence-electron chi connectivity index (χ4n) is 2.02. The number of carbonyl (C=O) groups excluding carboxylic acids is 1. The van der Waals surface area contributed by atoms with Crippen molar-refractivity contribution in [1.29, 1.82) is 0 Å². The van der Waals surface area contributed by atoms with Gasteiger partial charge in [0, 0.05) is 24.4 Å². The molecule has 118 valence electrons. The summed E-state index contributed by atoms with van der Waals surface area (Å²) in [5.41, 5.74) is 1.74. The van der Waals surface area contributed by atoms with Gasteiger partial charge in [-0.1, -0.05) is 20.8 Å². The fraction of sp³-hybridized carbons (Fsp3) is 0.533. The number of nitrogens with one attached hydrogen (secondary N) is 1. The predicted octanol–water partition coefficient (Wildman–Crippen LogP) is 1.78. The minimum atomic E-state index is -0.196. The first kappa shape index (κ1) is 16.1. The van der Waals surface area contributed by atoms with Gasteiger partial charge in [-0.05, 0) is 19.4 Å². The molecule has 0 aromatic carbocycles. The number of hydrogen-bond donors (Lipinski definition) is 1. The largest absolute Gasteiger partial charge is 0.294 e. The molecular weight excluding hydrogens is 280 g/mol. The molecule has 1 N–H and O–H groups in total. The monoisotopic (exact) mass is 302 g/mol. The summed E-state index contributed by atoms with van der Waals surface area (Å²) in [6, 6.07) is 1.91. The van der Waals surface area contributed by atoms with Gasteiger partial charge in [0.2, 0.25) is 11.9 Å². The van der Waals surface area contributed by atoms with Crippen LogP contribution in [0.3, 0.4) is 0 Å². The normalized spacial score (nSPS) is 11.0. The van der Waals surface area contributed by atoms with Crippen LogP contribution in [0, 0.1) is 6.92 Å². The average Bonchev–Trinajstić information content (AvgIpc) is 2.79. The summed E-state index contributed by atoms with van der Waals surface area (Å²) in [5, 5.41) is 7.04. The SMILES string of the molecule is CCc1cc(C)nc(NC(=O)Cc2nc(C(C)C)nn2C)n1. The topological polar surface area (TPSA) is 85.6 Å². The lowest BCUT2D eigenvalue weighted by Crippen LogP contribution is -2.19. The summed E-state index contributed by atoms with van der Waals surface area (Å²) in [7, 11) is 1.79. The van der Waals surface area contributed by atoms with Gasteiger partial charge in [0.1, 0.15) is 5.82 Å². The van der Waals surface area contributed by atoms with E-state index in [0.29, 0.717) is 11.8 Å².